The summed E-state index contributed by atoms with van der Waals surface area (Å²) in [6.45, 7) is 4.39. The summed E-state index contributed by atoms with van der Waals surface area (Å²) < 4.78 is 44.3. The minimum atomic E-state index is -3.67. The Morgan fingerprint density at radius 1 is 1.31 bits per heavy atom. The predicted octanol–water partition coefficient (Wildman–Crippen LogP) is 2.62. The number of nitrogens with zero attached hydrogens (tertiary/aromatic N) is 1. The van der Waals surface area contributed by atoms with Crippen LogP contribution in [0.3, 0.4) is 0 Å². The molecule has 0 aromatic heterocycles. The van der Waals surface area contributed by atoms with Crippen LogP contribution in [-0.4, -0.2) is 57.4 Å². The number of ether oxygens (including phenoxy) is 3. The Bertz CT molecular complexity index is 684. The third kappa shape index (κ3) is 3.88. The molecule has 0 saturated carbocycles. The first-order valence-corrected chi connectivity index (χ1v) is 8.76. The first-order chi connectivity index (χ1) is 12.5. The van der Waals surface area contributed by atoms with Gasteiger partial charge in [0.1, 0.15) is 12.4 Å². The van der Waals surface area contributed by atoms with Crippen molar-refractivity contribution in [2.75, 3.05) is 46.6 Å². The van der Waals surface area contributed by atoms with Gasteiger partial charge in [-0.25, -0.2) is 4.79 Å². The first-order valence-electron chi connectivity index (χ1n) is 8.76. The molecule has 0 bridgehead atoms. The van der Waals surface area contributed by atoms with Gasteiger partial charge in [-0.1, -0.05) is 12.2 Å². The van der Waals surface area contributed by atoms with Gasteiger partial charge in [-0.05, 0) is 30.5 Å². The SMILES string of the molecule is COC(=O)C(F)(F)c1ccc(OCCN2CCOCC2)c2c1CCC=C2. The summed E-state index contributed by atoms with van der Waals surface area (Å²) in [4.78, 5) is 13.8. The highest BCUT2D eigenvalue weighted by molar-refractivity contribution is 5.81. The molecule has 7 heteroatoms. The summed E-state index contributed by atoms with van der Waals surface area (Å²) in [5, 5.41) is 0. The highest BCUT2D eigenvalue weighted by Gasteiger charge is 2.44. The second kappa shape index (κ2) is 8.14. The lowest BCUT2D eigenvalue weighted by atomic mass is 9.89. The van der Waals surface area contributed by atoms with Crippen LogP contribution >= 0.6 is 0 Å². The van der Waals surface area contributed by atoms with Gasteiger partial charge in [-0.15, -0.1) is 0 Å². The Morgan fingerprint density at radius 3 is 2.81 bits per heavy atom. The van der Waals surface area contributed by atoms with Gasteiger partial charge in [0, 0.05) is 30.8 Å². The third-order valence-corrected chi connectivity index (χ3v) is 4.71. The molecule has 142 valence electrons. The van der Waals surface area contributed by atoms with Crippen molar-refractivity contribution in [1.29, 1.82) is 0 Å². The van der Waals surface area contributed by atoms with Crippen LogP contribution < -0.4 is 4.74 Å². The van der Waals surface area contributed by atoms with Crippen LogP contribution in [0.25, 0.3) is 6.08 Å². The number of methoxy groups -OCH3 is 1. The Kier molecular flexibility index (Phi) is 5.88. The highest BCUT2D eigenvalue weighted by Crippen LogP contribution is 2.39. The van der Waals surface area contributed by atoms with Crippen molar-refractivity contribution in [3.05, 3.63) is 34.9 Å². The number of halogens is 2. The number of carbonyl (C=O) groups excluding carboxylic acids is 1. The standard InChI is InChI=1S/C19H23F2NO4/c1-24-18(23)19(20,21)16-6-7-17(15-5-3-2-4-14(15)16)26-13-10-22-8-11-25-12-9-22/h3,5-7H,2,4,8-13H2,1H3. The van der Waals surface area contributed by atoms with Gasteiger partial charge in [0.25, 0.3) is 0 Å². The molecule has 0 N–H and O–H groups in total. The summed E-state index contributed by atoms with van der Waals surface area (Å²) in [5.74, 6) is -4.65. The van der Waals surface area contributed by atoms with E-state index < -0.39 is 11.9 Å². The van der Waals surface area contributed by atoms with Crippen molar-refractivity contribution in [2.24, 2.45) is 0 Å². The number of morpholine rings is 1. The monoisotopic (exact) mass is 367 g/mol. The maximum Gasteiger partial charge on any atom is 0.381 e. The quantitative estimate of drug-likeness (QED) is 0.724. The molecule has 3 rings (SSSR count). The fourth-order valence-electron chi connectivity index (χ4n) is 3.29. The van der Waals surface area contributed by atoms with E-state index in [1.807, 2.05) is 6.08 Å². The molecule has 0 atom stereocenters. The van der Waals surface area contributed by atoms with Crippen molar-refractivity contribution in [2.45, 2.75) is 18.8 Å². The predicted molar refractivity (Wildman–Crippen MR) is 92.5 cm³/mol. The van der Waals surface area contributed by atoms with E-state index >= 15 is 0 Å². The van der Waals surface area contributed by atoms with Crippen molar-refractivity contribution < 1.29 is 27.8 Å². The maximum atomic E-state index is 14.4. The second-order valence-electron chi connectivity index (χ2n) is 6.31. The smallest absolute Gasteiger partial charge is 0.381 e. The van der Waals surface area contributed by atoms with Gasteiger partial charge in [0.2, 0.25) is 0 Å². The zero-order valence-corrected chi connectivity index (χ0v) is 14.8. The summed E-state index contributed by atoms with van der Waals surface area (Å²) in [7, 11) is 0.964. The number of benzene rings is 1. The van der Waals surface area contributed by atoms with Crippen LogP contribution in [0.5, 0.6) is 5.75 Å². The lowest BCUT2D eigenvalue weighted by Crippen LogP contribution is -2.38. The van der Waals surface area contributed by atoms with Gasteiger partial charge in [0.15, 0.2) is 0 Å². The minimum Gasteiger partial charge on any atom is -0.492 e. The van der Waals surface area contributed by atoms with Crippen molar-refractivity contribution in [1.82, 2.24) is 4.90 Å². The Balaban J connectivity index is 1.78. The number of rotatable bonds is 6. The molecule has 1 aliphatic heterocycles. The lowest BCUT2D eigenvalue weighted by molar-refractivity contribution is -0.170. The second-order valence-corrected chi connectivity index (χ2v) is 6.31. The van der Waals surface area contributed by atoms with Crippen LogP contribution in [0.15, 0.2) is 18.2 Å². The van der Waals surface area contributed by atoms with Crippen LogP contribution in [0, 0.1) is 0 Å². The van der Waals surface area contributed by atoms with Crippen LogP contribution in [0.1, 0.15) is 23.1 Å². The molecule has 1 heterocycles. The fourth-order valence-corrected chi connectivity index (χ4v) is 3.29. The van der Waals surface area contributed by atoms with Crippen molar-refractivity contribution in [3.63, 3.8) is 0 Å². The van der Waals surface area contributed by atoms with E-state index in [4.69, 9.17) is 9.47 Å². The van der Waals surface area contributed by atoms with E-state index in [0.29, 0.717) is 36.3 Å². The molecule has 2 aliphatic rings. The normalized spacial score (nSPS) is 17.7. The highest BCUT2D eigenvalue weighted by atomic mass is 19.3. The molecule has 1 aromatic carbocycles. The van der Waals surface area contributed by atoms with Gasteiger partial charge in [-0.2, -0.15) is 8.78 Å². The molecule has 0 radical (unpaired) electrons. The van der Waals surface area contributed by atoms with Crippen molar-refractivity contribution >= 4 is 12.0 Å². The third-order valence-electron chi connectivity index (χ3n) is 4.71. The fraction of sp³-hybridized carbons (Fsp3) is 0.526. The number of hydrogen-bond donors (Lipinski definition) is 0. The maximum absolute atomic E-state index is 14.4. The Hall–Kier alpha value is -1.99. The molecule has 0 unspecified atom stereocenters. The topological polar surface area (TPSA) is 48.0 Å². The number of alkyl halides is 2. The van der Waals surface area contributed by atoms with E-state index in [2.05, 4.69) is 9.64 Å². The first kappa shape index (κ1) is 18.8. The average Bonchev–Trinajstić information content (AvgIpc) is 2.68. The number of esters is 1. The molecule has 0 spiro atoms. The minimum absolute atomic E-state index is 0.302. The number of carbonyl (C=O) groups is 1. The van der Waals surface area contributed by atoms with E-state index in [9.17, 15) is 13.6 Å². The zero-order valence-electron chi connectivity index (χ0n) is 14.8. The average molecular weight is 367 g/mol. The molecule has 0 amide bonds. The van der Waals surface area contributed by atoms with Gasteiger partial charge in [0.05, 0.1) is 20.3 Å². The van der Waals surface area contributed by atoms with Gasteiger partial charge < -0.3 is 14.2 Å². The van der Waals surface area contributed by atoms with Gasteiger partial charge >= 0.3 is 11.9 Å². The molecule has 26 heavy (non-hydrogen) atoms. The summed E-state index contributed by atoms with van der Waals surface area (Å²) in [6.07, 6.45) is 4.81. The molecular weight excluding hydrogens is 344 g/mol. The Morgan fingerprint density at radius 2 is 2.08 bits per heavy atom. The van der Waals surface area contributed by atoms with Gasteiger partial charge in [-0.3, -0.25) is 4.90 Å². The molecule has 1 aromatic rings. The van der Waals surface area contributed by atoms with Crippen molar-refractivity contribution in [3.8, 4) is 5.75 Å². The van der Waals surface area contributed by atoms with E-state index in [0.717, 1.165) is 40.0 Å². The van der Waals surface area contributed by atoms with E-state index in [-0.39, 0.29) is 5.56 Å². The van der Waals surface area contributed by atoms with Crippen LogP contribution in [-0.2, 0) is 26.6 Å². The molecule has 1 saturated heterocycles. The number of fused-ring (bicyclic) bond motifs is 1. The summed E-state index contributed by atoms with van der Waals surface area (Å²) in [5.41, 5.74) is 0.773. The molecule has 1 fully saturated rings. The largest absolute Gasteiger partial charge is 0.492 e. The number of allylic oxidation sites excluding steroid dienone is 1. The number of hydrogen-bond acceptors (Lipinski definition) is 5. The Labute approximate surface area is 151 Å². The summed E-state index contributed by atoms with van der Waals surface area (Å²) >= 11 is 0. The van der Waals surface area contributed by atoms with E-state index in [1.54, 1.807) is 6.08 Å². The zero-order chi connectivity index (χ0) is 18.6. The molecular formula is C19H23F2NO4. The molecule has 5 nitrogen and oxygen atoms in total. The summed E-state index contributed by atoms with van der Waals surface area (Å²) in [6, 6.07) is 2.79. The lowest BCUT2D eigenvalue weighted by Gasteiger charge is -2.27. The molecule has 1 aliphatic carbocycles. The van der Waals surface area contributed by atoms with Crippen LogP contribution in [0.4, 0.5) is 8.78 Å². The van der Waals surface area contributed by atoms with E-state index in [1.165, 1.54) is 12.1 Å². The van der Waals surface area contributed by atoms with Crippen LogP contribution in [0.2, 0.25) is 0 Å².